The molecular weight excluding hydrogens is 531 g/mol. The van der Waals surface area contributed by atoms with Crippen molar-refractivity contribution in [3.8, 4) is 5.75 Å². The van der Waals surface area contributed by atoms with Crippen LogP contribution in [0.25, 0.3) is 0 Å². The minimum Gasteiger partial charge on any atom is -0.484 e. The van der Waals surface area contributed by atoms with E-state index in [1.165, 1.54) is 4.90 Å². The van der Waals surface area contributed by atoms with E-state index >= 15 is 0 Å². The molecule has 2 amide bonds. The summed E-state index contributed by atoms with van der Waals surface area (Å²) >= 11 is 19.2. The van der Waals surface area contributed by atoms with E-state index in [1.54, 1.807) is 30.3 Å². The maximum atomic E-state index is 13.7. The predicted molar refractivity (Wildman–Crippen MR) is 151 cm³/mol. The molecule has 0 aliphatic carbocycles. The van der Waals surface area contributed by atoms with Gasteiger partial charge in [-0.2, -0.15) is 0 Å². The summed E-state index contributed by atoms with van der Waals surface area (Å²) in [6.45, 7) is 7.28. The number of nitrogens with one attached hydrogen (secondary N) is 1. The lowest BCUT2D eigenvalue weighted by Gasteiger charge is -2.32. The van der Waals surface area contributed by atoms with Crippen LogP contribution in [0.1, 0.15) is 36.1 Å². The molecular formula is C29H31Cl3N2O3. The zero-order valence-electron chi connectivity index (χ0n) is 21.4. The summed E-state index contributed by atoms with van der Waals surface area (Å²) in [5.74, 6) is -0.121. The molecule has 3 aromatic rings. The van der Waals surface area contributed by atoms with E-state index in [9.17, 15) is 9.59 Å². The third kappa shape index (κ3) is 7.88. The first-order chi connectivity index (χ1) is 17.6. The number of benzene rings is 3. The van der Waals surface area contributed by atoms with Crippen LogP contribution >= 0.6 is 34.8 Å². The minimum atomic E-state index is -0.818. The highest BCUT2D eigenvalue weighted by molar-refractivity contribution is 6.36. The van der Waals surface area contributed by atoms with E-state index in [1.807, 2.05) is 58.0 Å². The number of carbonyl (C=O) groups excluding carboxylic acids is 2. The Kier molecular flexibility index (Phi) is 10.3. The summed E-state index contributed by atoms with van der Waals surface area (Å²) in [4.78, 5) is 28.6. The summed E-state index contributed by atoms with van der Waals surface area (Å²) in [6, 6.07) is 17.4. The van der Waals surface area contributed by atoms with E-state index in [0.717, 1.165) is 16.7 Å². The lowest BCUT2D eigenvalue weighted by atomic mass is 10.0. The van der Waals surface area contributed by atoms with Gasteiger partial charge in [0, 0.05) is 39.6 Å². The number of aryl methyl sites for hydroxylation is 2. The van der Waals surface area contributed by atoms with E-state index in [-0.39, 0.29) is 31.0 Å². The molecule has 0 spiro atoms. The number of halogens is 3. The number of nitrogens with zero attached hydrogens (tertiary/aromatic N) is 1. The van der Waals surface area contributed by atoms with Crippen molar-refractivity contribution in [2.75, 3.05) is 6.61 Å². The second-order valence-electron chi connectivity index (χ2n) is 9.25. The molecule has 0 saturated carbocycles. The van der Waals surface area contributed by atoms with Crippen molar-refractivity contribution in [1.82, 2.24) is 10.2 Å². The van der Waals surface area contributed by atoms with Crippen LogP contribution in [0.5, 0.6) is 5.75 Å². The van der Waals surface area contributed by atoms with Crippen LogP contribution < -0.4 is 10.1 Å². The van der Waals surface area contributed by atoms with E-state index in [4.69, 9.17) is 39.5 Å². The Morgan fingerprint density at radius 1 is 0.919 bits per heavy atom. The number of ether oxygens (including phenoxy) is 1. The van der Waals surface area contributed by atoms with E-state index in [0.29, 0.717) is 32.8 Å². The second-order valence-corrected chi connectivity index (χ2v) is 10.4. The molecule has 0 aliphatic rings. The molecule has 0 bridgehead atoms. The molecule has 3 rings (SSSR count). The quantitative estimate of drug-likeness (QED) is 0.296. The van der Waals surface area contributed by atoms with Crippen LogP contribution in [-0.2, 0) is 22.6 Å². The minimum absolute atomic E-state index is 0.0440. The van der Waals surface area contributed by atoms with Gasteiger partial charge in [-0.05, 0) is 68.7 Å². The molecule has 1 N–H and O–H groups in total. The van der Waals surface area contributed by atoms with Gasteiger partial charge in [0.25, 0.3) is 5.91 Å². The first kappa shape index (κ1) is 28.8. The van der Waals surface area contributed by atoms with Crippen LogP contribution in [0.2, 0.25) is 15.1 Å². The molecule has 0 saturated heterocycles. The fourth-order valence-corrected chi connectivity index (χ4v) is 4.63. The monoisotopic (exact) mass is 560 g/mol. The molecule has 1 atom stereocenters. The zero-order chi connectivity index (χ0) is 27.1. The van der Waals surface area contributed by atoms with Crippen molar-refractivity contribution in [2.24, 2.45) is 0 Å². The molecule has 0 fully saturated rings. The van der Waals surface area contributed by atoms with Crippen molar-refractivity contribution in [3.05, 3.63) is 98.0 Å². The standard InChI is InChI=1S/C29H31Cl3N2O3/c1-18(2)33-29(36)26(15-21-9-6-5-7-10-21)34(16-23-24(30)11-8-12-25(23)31)27(35)17-37-22-13-19(3)28(32)20(4)14-22/h5-14,18,26H,15-17H2,1-4H3,(H,33,36)/t26-/m0/s1. The maximum Gasteiger partial charge on any atom is 0.261 e. The third-order valence-corrected chi connectivity index (χ3v) is 7.17. The van der Waals surface area contributed by atoms with Crippen LogP contribution in [0, 0.1) is 13.8 Å². The highest BCUT2D eigenvalue weighted by Crippen LogP contribution is 2.28. The molecule has 0 unspecified atom stereocenters. The van der Waals surface area contributed by atoms with E-state index in [2.05, 4.69) is 5.32 Å². The molecule has 8 heteroatoms. The van der Waals surface area contributed by atoms with E-state index < -0.39 is 6.04 Å². The Bertz CT molecular complexity index is 1210. The van der Waals surface area contributed by atoms with Gasteiger partial charge in [-0.1, -0.05) is 71.2 Å². The van der Waals surface area contributed by atoms with Crippen molar-refractivity contribution in [1.29, 1.82) is 0 Å². The van der Waals surface area contributed by atoms with Crippen LogP contribution in [-0.4, -0.2) is 35.4 Å². The summed E-state index contributed by atoms with van der Waals surface area (Å²) in [7, 11) is 0. The van der Waals surface area contributed by atoms with Gasteiger partial charge in [0.2, 0.25) is 5.91 Å². The molecule has 5 nitrogen and oxygen atoms in total. The fourth-order valence-electron chi connectivity index (χ4n) is 4.01. The molecule has 0 aliphatic heterocycles. The average molecular weight is 562 g/mol. The molecule has 3 aromatic carbocycles. The largest absolute Gasteiger partial charge is 0.484 e. The van der Waals surface area contributed by atoms with Crippen LogP contribution in [0.3, 0.4) is 0 Å². The molecule has 0 radical (unpaired) electrons. The predicted octanol–water partition coefficient (Wildman–Crippen LogP) is 6.81. The average Bonchev–Trinajstić information content (AvgIpc) is 2.84. The van der Waals surface area contributed by atoms with Gasteiger partial charge in [-0.25, -0.2) is 0 Å². The summed E-state index contributed by atoms with van der Waals surface area (Å²) in [5.41, 5.74) is 3.18. The molecule has 0 aromatic heterocycles. The highest BCUT2D eigenvalue weighted by Gasteiger charge is 2.32. The lowest BCUT2D eigenvalue weighted by molar-refractivity contribution is -0.143. The van der Waals surface area contributed by atoms with Crippen LogP contribution in [0.4, 0.5) is 0 Å². The van der Waals surface area contributed by atoms with Gasteiger partial charge in [0.05, 0.1) is 0 Å². The van der Waals surface area contributed by atoms with Crippen molar-refractivity contribution in [2.45, 2.75) is 52.7 Å². The second kappa shape index (κ2) is 13.2. The third-order valence-electron chi connectivity index (χ3n) is 5.86. The van der Waals surface area contributed by atoms with Crippen molar-refractivity contribution in [3.63, 3.8) is 0 Å². The maximum absolute atomic E-state index is 13.7. The Hall–Kier alpha value is -2.73. The Labute approximate surface area is 233 Å². The number of hydrogen-bond donors (Lipinski definition) is 1. The topological polar surface area (TPSA) is 58.6 Å². The SMILES string of the molecule is Cc1cc(OCC(=O)N(Cc2c(Cl)cccc2Cl)[C@@H](Cc2ccccc2)C(=O)NC(C)C)cc(C)c1Cl. The molecule has 0 heterocycles. The summed E-state index contributed by atoms with van der Waals surface area (Å²) < 4.78 is 5.88. The first-order valence-corrected chi connectivity index (χ1v) is 13.2. The van der Waals surface area contributed by atoms with Gasteiger partial charge in [-0.3, -0.25) is 9.59 Å². The van der Waals surface area contributed by atoms with Gasteiger partial charge < -0.3 is 15.0 Å². The molecule has 37 heavy (non-hydrogen) atoms. The van der Waals surface area contributed by atoms with Crippen molar-refractivity contribution >= 4 is 46.6 Å². The van der Waals surface area contributed by atoms with Gasteiger partial charge >= 0.3 is 0 Å². The summed E-state index contributed by atoms with van der Waals surface area (Å²) in [5, 5.41) is 4.44. The van der Waals surface area contributed by atoms with Gasteiger partial charge in [0.1, 0.15) is 11.8 Å². The van der Waals surface area contributed by atoms with Crippen molar-refractivity contribution < 1.29 is 14.3 Å². The Balaban J connectivity index is 1.97. The number of amides is 2. The number of rotatable bonds is 10. The van der Waals surface area contributed by atoms with Gasteiger partial charge in [-0.15, -0.1) is 0 Å². The summed E-state index contributed by atoms with van der Waals surface area (Å²) in [6.07, 6.45) is 0.312. The van der Waals surface area contributed by atoms with Gasteiger partial charge in [0.15, 0.2) is 6.61 Å². The number of carbonyl (C=O) groups is 2. The first-order valence-electron chi connectivity index (χ1n) is 12.0. The number of hydrogen-bond acceptors (Lipinski definition) is 3. The lowest BCUT2D eigenvalue weighted by Crippen LogP contribution is -2.52. The highest BCUT2D eigenvalue weighted by atomic mass is 35.5. The fraction of sp³-hybridized carbons (Fsp3) is 0.310. The smallest absolute Gasteiger partial charge is 0.261 e. The normalized spacial score (nSPS) is 11.8. The van der Waals surface area contributed by atoms with Crippen LogP contribution in [0.15, 0.2) is 60.7 Å². The Morgan fingerprint density at radius 3 is 2.08 bits per heavy atom. The molecule has 196 valence electrons. The Morgan fingerprint density at radius 2 is 1.51 bits per heavy atom. The zero-order valence-corrected chi connectivity index (χ0v) is 23.6.